The predicted molar refractivity (Wildman–Crippen MR) is 68.1 cm³/mol. The third kappa shape index (κ3) is 3.53. The molecule has 0 fully saturated rings. The van der Waals surface area contributed by atoms with E-state index in [0.717, 1.165) is 6.42 Å². The first-order valence-electron chi connectivity index (χ1n) is 5.33. The highest BCUT2D eigenvalue weighted by molar-refractivity contribution is 6.34. The first-order chi connectivity index (χ1) is 8.12. The summed E-state index contributed by atoms with van der Waals surface area (Å²) in [7, 11) is 3.06. The van der Waals surface area contributed by atoms with Crippen LogP contribution in [0.3, 0.4) is 0 Å². The number of methoxy groups -OCH3 is 2. The van der Waals surface area contributed by atoms with E-state index in [9.17, 15) is 4.79 Å². The van der Waals surface area contributed by atoms with Gasteiger partial charge in [0.1, 0.15) is 0 Å². The zero-order valence-electron chi connectivity index (χ0n) is 10.2. The van der Waals surface area contributed by atoms with Gasteiger partial charge in [-0.25, -0.2) is 0 Å². The fraction of sp³-hybridized carbons (Fsp3) is 0.417. The van der Waals surface area contributed by atoms with E-state index in [-0.39, 0.29) is 5.91 Å². The first-order valence-corrected chi connectivity index (χ1v) is 5.71. The van der Waals surface area contributed by atoms with Crippen molar-refractivity contribution in [2.75, 3.05) is 19.5 Å². The van der Waals surface area contributed by atoms with Crippen molar-refractivity contribution in [3.63, 3.8) is 0 Å². The number of rotatable bonds is 5. The van der Waals surface area contributed by atoms with Gasteiger partial charge in [0, 0.05) is 18.6 Å². The Labute approximate surface area is 106 Å². The maximum Gasteiger partial charge on any atom is 0.224 e. The molecule has 0 radical (unpaired) electrons. The minimum Gasteiger partial charge on any atom is -0.493 e. The molecule has 1 amide bonds. The SMILES string of the molecule is CCCC(=O)Nc1cc(OC)c(OC)cc1Cl. The number of halogens is 1. The molecule has 0 saturated carbocycles. The Morgan fingerprint density at radius 3 is 2.41 bits per heavy atom. The smallest absolute Gasteiger partial charge is 0.224 e. The summed E-state index contributed by atoms with van der Waals surface area (Å²) >= 11 is 6.03. The van der Waals surface area contributed by atoms with Crippen LogP contribution in [0.4, 0.5) is 5.69 Å². The van der Waals surface area contributed by atoms with Gasteiger partial charge in [-0.05, 0) is 6.42 Å². The van der Waals surface area contributed by atoms with E-state index >= 15 is 0 Å². The van der Waals surface area contributed by atoms with E-state index in [1.807, 2.05) is 6.92 Å². The van der Waals surface area contributed by atoms with Gasteiger partial charge in [-0.15, -0.1) is 0 Å². The Hall–Kier alpha value is -1.42. The number of nitrogens with one attached hydrogen (secondary N) is 1. The lowest BCUT2D eigenvalue weighted by Gasteiger charge is -2.12. The summed E-state index contributed by atoms with van der Waals surface area (Å²) in [6, 6.07) is 3.26. The number of amides is 1. The summed E-state index contributed by atoms with van der Waals surface area (Å²) in [5, 5.41) is 3.15. The predicted octanol–water partition coefficient (Wildman–Crippen LogP) is 3.10. The van der Waals surface area contributed by atoms with Gasteiger partial charge >= 0.3 is 0 Å². The number of carbonyl (C=O) groups is 1. The standard InChI is InChI=1S/C12H16ClNO3/c1-4-5-12(15)14-9-7-11(17-3)10(16-2)6-8(9)13/h6-7H,4-5H2,1-3H3,(H,14,15). The van der Waals surface area contributed by atoms with E-state index in [0.29, 0.717) is 28.6 Å². The first kappa shape index (κ1) is 13.6. The van der Waals surface area contributed by atoms with E-state index in [1.165, 1.54) is 14.2 Å². The van der Waals surface area contributed by atoms with Gasteiger partial charge in [0.15, 0.2) is 11.5 Å². The Morgan fingerprint density at radius 1 is 1.29 bits per heavy atom. The number of anilines is 1. The molecule has 0 saturated heterocycles. The molecule has 0 bridgehead atoms. The average molecular weight is 258 g/mol. The van der Waals surface area contributed by atoms with Crippen molar-refractivity contribution in [3.05, 3.63) is 17.2 Å². The second kappa shape index (κ2) is 6.35. The molecule has 4 nitrogen and oxygen atoms in total. The summed E-state index contributed by atoms with van der Waals surface area (Å²) < 4.78 is 10.2. The third-order valence-corrected chi connectivity index (χ3v) is 2.54. The van der Waals surface area contributed by atoms with E-state index < -0.39 is 0 Å². The summed E-state index contributed by atoms with van der Waals surface area (Å²) in [6.07, 6.45) is 1.25. The van der Waals surface area contributed by atoms with Gasteiger partial charge in [0.2, 0.25) is 5.91 Å². The van der Waals surface area contributed by atoms with Crippen LogP contribution in [0.15, 0.2) is 12.1 Å². The van der Waals surface area contributed by atoms with Crippen LogP contribution in [0.25, 0.3) is 0 Å². The molecule has 0 aliphatic rings. The van der Waals surface area contributed by atoms with Crippen molar-refractivity contribution in [2.45, 2.75) is 19.8 Å². The summed E-state index contributed by atoms with van der Waals surface area (Å²) in [5.74, 6) is 0.997. The van der Waals surface area contributed by atoms with Gasteiger partial charge in [0.25, 0.3) is 0 Å². The van der Waals surface area contributed by atoms with Crippen molar-refractivity contribution in [1.29, 1.82) is 0 Å². The van der Waals surface area contributed by atoms with Crippen molar-refractivity contribution < 1.29 is 14.3 Å². The molecule has 0 unspecified atom stereocenters. The quantitative estimate of drug-likeness (QED) is 0.882. The van der Waals surface area contributed by atoms with Crippen LogP contribution in [0.5, 0.6) is 11.5 Å². The Kier molecular flexibility index (Phi) is 5.10. The average Bonchev–Trinajstić information content (AvgIpc) is 2.31. The molecule has 5 heteroatoms. The second-order valence-corrected chi connectivity index (χ2v) is 3.89. The molecule has 0 aromatic heterocycles. The Morgan fingerprint density at radius 2 is 1.88 bits per heavy atom. The van der Waals surface area contributed by atoms with Crippen LogP contribution in [0.2, 0.25) is 5.02 Å². The highest BCUT2D eigenvalue weighted by Gasteiger charge is 2.11. The molecule has 1 aromatic rings. The number of hydrogen-bond donors (Lipinski definition) is 1. The van der Waals surface area contributed by atoms with Crippen LogP contribution < -0.4 is 14.8 Å². The van der Waals surface area contributed by atoms with Crippen LogP contribution in [-0.2, 0) is 4.79 Å². The topological polar surface area (TPSA) is 47.6 Å². The highest BCUT2D eigenvalue weighted by Crippen LogP contribution is 2.36. The van der Waals surface area contributed by atoms with Crippen LogP contribution in [0.1, 0.15) is 19.8 Å². The van der Waals surface area contributed by atoms with Gasteiger partial charge in [0.05, 0.1) is 24.9 Å². The maximum absolute atomic E-state index is 11.5. The molecule has 0 aliphatic carbocycles. The van der Waals surface area contributed by atoms with E-state index in [4.69, 9.17) is 21.1 Å². The monoisotopic (exact) mass is 257 g/mol. The molecule has 0 aliphatic heterocycles. The minimum absolute atomic E-state index is 0.0679. The third-order valence-electron chi connectivity index (χ3n) is 2.22. The van der Waals surface area contributed by atoms with Crippen LogP contribution in [-0.4, -0.2) is 20.1 Å². The summed E-state index contributed by atoms with van der Waals surface area (Å²) in [6.45, 7) is 1.94. The van der Waals surface area contributed by atoms with Crippen LogP contribution in [0, 0.1) is 0 Å². The normalized spacial score (nSPS) is 9.88. The zero-order chi connectivity index (χ0) is 12.8. The number of hydrogen-bond acceptors (Lipinski definition) is 3. The van der Waals surface area contributed by atoms with E-state index in [2.05, 4.69) is 5.32 Å². The number of benzene rings is 1. The van der Waals surface area contributed by atoms with Gasteiger partial charge in [-0.1, -0.05) is 18.5 Å². The lowest BCUT2D eigenvalue weighted by atomic mass is 10.2. The molecule has 0 spiro atoms. The second-order valence-electron chi connectivity index (χ2n) is 3.49. The van der Waals surface area contributed by atoms with Crippen molar-refractivity contribution in [2.24, 2.45) is 0 Å². The largest absolute Gasteiger partial charge is 0.493 e. The lowest BCUT2D eigenvalue weighted by molar-refractivity contribution is -0.116. The number of carbonyl (C=O) groups excluding carboxylic acids is 1. The van der Waals surface area contributed by atoms with Crippen LogP contribution >= 0.6 is 11.6 Å². The molecule has 1 aromatic carbocycles. The number of ether oxygens (including phenoxy) is 2. The Bertz CT molecular complexity index is 407. The van der Waals surface area contributed by atoms with Gasteiger partial charge in [-0.3, -0.25) is 4.79 Å². The molecule has 17 heavy (non-hydrogen) atoms. The molecule has 0 heterocycles. The van der Waals surface area contributed by atoms with Crippen molar-refractivity contribution in [1.82, 2.24) is 0 Å². The molecular weight excluding hydrogens is 242 g/mol. The van der Waals surface area contributed by atoms with Gasteiger partial charge < -0.3 is 14.8 Å². The van der Waals surface area contributed by atoms with Crippen molar-refractivity contribution >= 4 is 23.2 Å². The molecule has 0 atom stereocenters. The zero-order valence-corrected chi connectivity index (χ0v) is 10.9. The molecule has 1 N–H and O–H groups in total. The molecule has 1 rings (SSSR count). The Balaban J connectivity index is 2.96. The lowest BCUT2D eigenvalue weighted by Crippen LogP contribution is -2.11. The van der Waals surface area contributed by atoms with Crippen molar-refractivity contribution in [3.8, 4) is 11.5 Å². The molecule has 94 valence electrons. The summed E-state index contributed by atoms with van der Waals surface area (Å²) in [5.41, 5.74) is 0.530. The molecular formula is C12H16ClNO3. The minimum atomic E-state index is -0.0679. The maximum atomic E-state index is 11.5. The fourth-order valence-corrected chi connectivity index (χ4v) is 1.59. The fourth-order valence-electron chi connectivity index (χ4n) is 1.39. The summed E-state index contributed by atoms with van der Waals surface area (Å²) in [4.78, 5) is 11.5. The highest BCUT2D eigenvalue weighted by atomic mass is 35.5. The van der Waals surface area contributed by atoms with E-state index in [1.54, 1.807) is 12.1 Å². The van der Waals surface area contributed by atoms with Gasteiger partial charge in [-0.2, -0.15) is 0 Å².